The van der Waals surface area contributed by atoms with Crippen LogP contribution >= 0.6 is 11.6 Å². The van der Waals surface area contributed by atoms with Gasteiger partial charge in [-0.25, -0.2) is 9.59 Å². The quantitative estimate of drug-likeness (QED) is 0.260. The molecule has 1 saturated carbocycles. The molecule has 5 N–H and O–H groups in total. The lowest BCUT2D eigenvalue weighted by Crippen LogP contribution is -2.31. The Hall–Kier alpha value is -2.56. The van der Waals surface area contributed by atoms with Crippen LogP contribution in [0.5, 0.6) is 5.75 Å². The number of carboxylic acids is 2. The third kappa shape index (κ3) is 5.43. The topological polar surface area (TPSA) is 151 Å². The van der Waals surface area contributed by atoms with Crippen molar-refractivity contribution in [3.8, 4) is 5.75 Å². The number of hydrogen-bond acceptors (Lipinski definition) is 7. The van der Waals surface area contributed by atoms with Crippen molar-refractivity contribution in [2.24, 2.45) is 17.8 Å². The number of carbonyl (C=O) groups excluding carboxylic acids is 1. The van der Waals surface area contributed by atoms with Gasteiger partial charge in [0.1, 0.15) is 5.75 Å². The zero-order chi connectivity index (χ0) is 23.4. The van der Waals surface area contributed by atoms with Gasteiger partial charge in [0.25, 0.3) is 5.91 Å². The molecular formula is C21H28ClN3O7. The first kappa shape index (κ1) is 24.1. The minimum absolute atomic E-state index is 0.119. The van der Waals surface area contributed by atoms with Gasteiger partial charge in [-0.3, -0.25) is 4.79 Å². The number of piperidine rings is 1. The SMILES string of the molecule is COCCCN1CC2C(CNC(=O)c3cc(Cl)c(N)c4c3OCC4)C2C1.O=C(O)C(=O)O. The molecule has 32 heavy (non-hydrogen) atoms. The van der Waals surface area contributed by atoms with E-state index in [0.717, 1.165) is 56.6 Å². The largest absolute Gasteiger partial charge is 0.492 e. The lowest BCUT2D eigenvalue weighted by atomic mass is 10.1. The van der Waals surface area contributed by atoms with Crippen LogP contribution in [0.4, 0.5) is 5.69 Å². The van der Waals surface area contributed by atoms with E-state index in [1.165, 1.54) is 0 Å². The molecule has 1 aliphatic carbocycles. The van der Waals surface area contributed by atoms with E-state index in [1.807, 2.05) is 0 Å². The number of nitrogens with two attached hydrogens (primary N) is 1. The molecule has 1 aromatic carbocycles. The van der Waals surface area contributed by atoms with Crippen LogP contribution in [0.15, 0.2) is 6.07 Å². The second kappa shape index (κ2) is 10.4. The molecule has 0 bridgehead atoms. The van der Waals surface area contributed by atoms with Crippen molar-refractivity contribution < 1.29 is 34.1 Å². The molecule has 2 atom stereocenters. The summed E-state index contributed by atoms with van der Waals surface area (Å²) in [5.41, 5.74) is 7.89. The van der Waals surface area contributed by atoms with E-state index in [4.69, 9.17) is 46.6 Å². The Labute approximate surface area is 190 Å². The Morgan fingerprint density at radius 3 is 2.53 bits per heavy atom. The van der Waals surface area contributed by atoms with Crippen molar-refractivity contribution in [1.82, 2.24) is 10.2 Å². The van der Waals surface area contributed by atoms with E-state index in [9.17, 15) is 4.79 Å². The third-order valence-corrected chi connectivity index (χ3v) is 6.48. The predicted octanol–water partition coefficient (Wildman–Crippen LogP) is 0.957. The fraction of sp³-hybridized carbons (Fsp3) is 0.571. The van der Waals surface area contributed by atoms with Crippen molar-refractivity contribution in [1.29, 1.82) is 0 Å². The van der Waals surface area contributed by atoms with Crippen LogP contribution in [0.3, 0.4) is 0 Å². The maximum Gasteiger partial charge on any atom is 0.414 e. The van der Waals surface area contributed by atoms with Crippen molar-refractivity contribution in [3.63, 3.8) is 0 Å². The molecular weight excluding hydrogens is 442 g/mol. The van der Waals surface area contributed by atoms with E-state index in [-0.39, 0.29) is 5.91 Å². The molecule has 1 amide bonds. The van der Waals surface area contributed by atoms with Crippen LogP contribution in [0.2, 0.25) is 5.02 Å². The molecule has 11 heteroatoms. The minimum Gasteiger partial charge on any atom is -0.492 e. The van der Waals surface area contributed by atoms with Crippen LogP contribution in [0.1, 0.15) is 22.3 Å². The number of hydrogen-bond donors (Lipinski definition) is 4. The first-order chi connectivity index (χ1) is 15.2. The zero-order valence-electron chi connectivity index (χ0n) is 17.8. The Balaban J connectivity index is 0.000000427. The van der Waals surface area contributed by atoms with Crippen LogP contribution < -0.4 is 15.8 Å². The number of ether oxygens (including phenoxy) is 2. The molecule has 176 valence electrons. The summed E-state index contributed by atoms with van der Waals surface area (Å²) >= 11 is 6.19. The molecule has 1 saturated heterocycles. The molecule has 0 aromatic heterocycles. The number of rotatable bonds is 7. The second-order valence-electron chi connectivity index (χ2n) is 8.14. The Bertz CT molecular complexity index is 871. The number of halogens is 1. The van der Waals surface area contributed by atoms with Gasteiger partial charge in [0.2, 0.25) is 0 Å². The summed E-state index contributed by atoms with van der Waals surface area (Å²) in [6, 6.07) is 1.63. The van der Waals surface area contributed by atoms with E-state index in [0.29, 0.717) is 41.0 Å². The Kier molecular flexibility index (Phi) is 7.81. The fourth-order valence-electron chi connectivity index (χ4n) is 4.50. The summed E-state index contributed by atoms with van der Waals surface area (Å²) in [5.74, 6) is -1.14. The van der Waals surface area contributed by atoms with Crippen molar-refractivity contribution >= 4 is 35.1 Å². The van der Waals surface area contributed by atoms with Crippen LogP contribution in [-0.2, 0) is 20.7 Å². The number of benzene rings is 1. The third-order valence-electron chi connectivity index (χ3n) is 6.17. The second-order valence-corrected chi connectivity index (χ2v) is 8.55. The average molecular weight is 470 g/mol. The Morgan fingerprint density at radius 1 is 1.28 bits per heavy atom. The molecule has 0 radical (unpaired) electrons. The molecule has 10 nitrogen and oxygen atoms in total. The van der Waals surface area contributed by atoms with Gasteiger partial charge in [-0.15, -0.1) is 0 Å². The van der Waals surface area contributed by atoms with E-state index in [1.54, 1.807) is 13.2 Å². The summed E-state index contributed by atoms with van der Waals surface area (Å²) in [5, 5.41) is 18.3. The summed E-state index contributed by atoms with van der Waals surface area (Å²) in [4.78, 5) is 33.3. The van der Waals surface area contributed by atoms with Crippen LogP contribution in [0.25, 0.3) is 0 Å². The average Bonchev–Trinajstić information content (AvgIpc) is 3.12. The molecule has 2 unspecified atom stereocenters. The fourth-order valence-corrected chi connectivity index (χ4v) is 4.72. The molecule has 2 fully saturated rings. The number of nitrogens with one attached hydrogen (secondary N) is 1. The van der Waals surface area contributed by atoms with Gasteiger partial charge in [0.05, 0.1) is 22.9 Å². The number of anilines is 1. The number of methoxy groups -OCH3 is 1. The molecule has 2 heterocycles. The Morgan fingerprint density at radius 2 is 1.94 bits per heavy atom. The standard InChI is InChI=1S/C19H26ClN3O3.C2H2O4/c1-25-5-2-4-23-9-14-13(15(14)10-23)8-22-19(24)12-7-16(20)17(21)11-3-6-26-18(11)12;3-1(4)2(5)6/h7,13-15H,2-6,8-10,21H2,1H3,(H,22,24);(H,3,4)(H,5,6). The van der Waals surface area contributed by atoms with Crippen molar-refractivity contribution in [3.05, 3.63) is 22.2 Å². The number of likely N-dealkylation sites (tertiary alicyclic amines) is 1. The lowest BCUT2D eigenvalue weighted by molar-refractivity contribution is -0.159. The normalized spacial score (nSPS) is 22.8. The van der Waals surface area contributed by atoms with Gasteiger partial charge < -0.3 is 35.6 Å². The molecule has 1 aromatic rings. The van der Waals surface area contributed by atoms with Gasteiger partial charge in [-0.05, 0) is 30.2 Å². The highest BCUT2D eigenvalue weighted by atomic mass is 35.5. The number of nitrogens with zero attached hydrogens (tertiary/aromatic N) is 1. The number of fused-ring (bicyclic) bond motifs is 2. The maximum absolute atomic E-state index is 12.6. The lowest BCUT2D eigenvalue weighted by Gasteiger charge is -2.19. The maximum atomic E-state index is 12.6. The molecule has 2 aliphatic heterocycles. The first-order valence-electron chi connectivity index (χ1n) is 10.4. The smallest absolute Gasteiger partial charge is 0.414 e. The van der Waals surface area contributed by atoms with Gasteiger partial charge in [0.15, 0.2) is 0 Å². The highest BCUT2D eigenvalue weighted by molar-refractivity contribution is 6.33. The highest BCUT2D eigenvalue weighted by Gasteiger charge is 2.54. The number of carboxylic acid groups (broad SMARTS) is 2. The monoisotopic (exact) mass is 469 g/mol. The number of amides is 1. The summed E-state index contributed by atoms with van der Waals surface area (Å²) in [6.07, 6.45) is 1.79. The van der Waals surface area contributed by atoms with E-state index in [2.05, 4.69) is 10.2 Å². The van der Waals surface area contributed by atoms with Gasteiger partial charge in [-0.2, -0.15) is 0 Å². The zero-order valence-corrected chi connectivity index (χ0v) is 18.6. The summed E-state index contributed by atoms with van der Waals surface area (Å²) in [7, 11) is 1.74. The summed E-state index contributed by atoms with van der Waals surface area (Å²) in [6.45, 7) is 5.47. The summed E-state index contributed by atoms with van der Waals surface area (Å²) < 4.78 is 10.7. The van der Waals surface area contributed by atoms with E-state index < -0.39 is 11.9 Å². The highest BCUT2D eigenvalue weighted by Crippen LogP contribution is 2.51. The van der Waals surface area contributed by atoms with E-state index >= 15 is 0 Å². The van der Waals surface area contributed by atoms with Crippen LogP contribution in [0, 0.1) is 17.8 Å². The van der Waals surface area contributed by atoms with Gasteiger partial charge >= 0.3 is 11.9 Å². The van der Waals surface area contributed by atoms with Crippen molar-refractivity contribution in [2.45, 2.75) is 12.8 Å². The molecule has 4 rings (SSSR count). The number of aliphatic carboxylic acids is 2. The van der Waals surface area contributed by atoms with Gasteiger partial charge in [-0.1, -0.05) is 11.6 Å². The number of carbonyl (C=O) groups is 3. The van der Waals surface area contributed by atoms with Gasteiger partial charge in [0, 0.05) is 51.9 Å². The van der Waals surface area contributed by atoms with Crippen LogP contribution in [-0.4, -0.2) is 79.5 Å². The van der Waals surface area contributed by atoms with Crippen molar-refractivity contribution in [2.75, 3.05) is 52.2 Å². The molecule has 0 spiro atoms. The first-order valence-corrected chi connectivity index (χ1v) is 10.8. The predicted molar refractivity (Wildman–Crippen MR) is 116 cm³/mol. The molecule has 3 aliphatic rings. The number of nitrogen functional groups attached to an aromatic ring is 1. The minimum atomic E-state index is -1.82.